The Morgan fingerprint density at radius 1 is 1.58 bits per heavy atom. The maximum atomic E-state index is 11.6. The van der Waals surface area contributed by atoms with Gasteiger partial charge in [-0.3, -0.25) is 14.3 Å². The SMILES string of the molecule is [N-]=[N+]=N[C@H]1C(O)[C@@H](n2ccc(=O)[nH]c2=O)O[C@H]1CO. The van der Waals surface area contributed by atoms with E-state index in [1.807, 2.05) is 4.98 Å². The van der Waals surface area contributed by atoms with Crippen LogP contribution in [0.15, 0.2) is 27.0 Å². The first-order valence-electron chi connectivity index (χ1n) is 5.38. The highest BCUT2D eigenvalue weighted by atomic mass is 16.5. The highest BCUT2D eigenvalue weighted by Crippen LogP contribution is 2.30. The lowest BCUT2D eigenvalue weighted by Gasteiger charge is -2.16. The van der Waals surface area contributed by atoms with E-state index in [0.717, 1.165) is 16.8 Å². The molecular weight excluding hydrogens is 258 g/mol. The van der Waals surface area contributed by atoms with Gasteiger partial charge in [0.2, 0.25) is 0 Å². The largest absolute Gasteiger partial charge is 0.394 e. The lowest BCUT2D eigenvalue weighted by molar-refractivity contribution is -0.0532. The first-order chi connectivity index (χ1) is 9.08. The van der Waals surface area contributed by atoms with E-state index in [0.29, 0.717) is 0 Å². The van der Waals surface area contributed by atoms with Crippen LogP contribution in [-0.4, -0.2) is 44.6 Å². The number of H-pyrrole nitrogens is 1. The molecule has 0 aliphatic carbocycles. The molecule has 1 fully saturated rings. The van der Waals surface area contributed by atoms with Crippen molar-refractivity contribution in [3.05, 3.63) is 43.5 Å². The number of hydrogen-bond acceptors (Lipinski definition) is 6. The van der Waals surface area contributed by atoms with Crippen molar-refractivity contribution < 1.29 is 14.9 Å². The first kappa shape index (κ1) is 13.3. The minimum Gasteiger partial charge on any atom is -0.394 e. The van der Waals surface area contributed by atoms with E-state index in [-0.39, 0.29) is 0 Å². The average molecular weight is 269 g/mol. The highest BCUT2D eigenvalue weighted by molar-refractivity contribution is 4.96. The topological polar surface area (TPSA) is 153 Å². The second-order valence-corrected chi connectivity index (χ2v) is 3.95. The van der Waals surface area contributed by atoms with Gasteiger partial charge >= 0.3 is 5.69 Å². The molecule has 102 valence electrons. The third-order valence-electron chi connectivity index (χ3n) is 2.83. The van der Waals surface area contributed by atoms with Crippen LogP contribution in [0.2, 0.25) is 0 Å². The van der Waals surface area contributed by atoms with Crippen LogP contribution in [0.1, 0.15) is 6.23 Å². The summed E-state index contributed by atoms with van der Waals surface area (Å²) in [5.74, 6) is 0. The maximum Gasteiger partial charge on any atom is 0.330 e. The van der Waals surface area contributed by atoms with E-state index in [4.69, 9.17) is 15.4 Å². The van der Waals surface area contributed by atoms with E-state index in [9.17, 15) is 14.7 Å². The number of aliphatic hydroxyl groups is 2. The first-order valence-corrected chi connectivity index (χ1v) is 5.38. The number of aromatic nitrogens is 2. The molecule has 10 heteroatoms. The second-order valence-electron chi connectivity index (χ2n) is 3.95. The Morgan fingerprint density at radius 3 is 2.89 bits per heavy atom. The predicted molar refractivity (Wildman–Crippen MR) is 61.3 cm³/mol. The molecule has 1 aromatic heterocycles. The van der Waals surface area contributed by atoms with Gasteiger partial charge in [-0.25, -0.2) is 4.79 Å². The number of hydrogen-bond donors (Lipinski definition) is 3. The van der Waals surface area contributed by atoms with Crippen molar-refractivity contribution in [3.63, 3.8) is 0 Å². The van der Waals surface area contributed by atoms with E-state index in [1.165, 1.54) is 0 Å². The molecular formula is C9H11N5O5. The summed E-state index contributed by atoms with van der Waals surface area (Å²) >= 11 is 0. The molecule has 10 nitrogen and oxygen atoms in total. The van der Waals surface area contributed by atoms with Crippen LogP contribution >= 0.6 is 0 Å². The lowest BCUT2D eigenvalue weighted by Crippen LogP contribution is -2.37. The Hall–Kier alpha value is -2.13. The van der Waals surface area contributed by atoms with Crippen LogP contribution in [-0.2, 0) is 4.74 Å². The smallest absolute Gasteiger partial charge is 0.330 e. The summed E-state index contributed by atoms with van der Waals surface area (Å²) < 4.78 is 6.23. The second kappa shape index (κ2) is 5.24. The molecule has 0 saturated carbocycles. The van der Waals surface area contributed by atoms with Crippen LogP contribution < -0.4 is 11.2 Å². The van der Waals surface area contributed by atoms with Gasteiger partial charge in [-0.15, -0.1) is 0 Å². The van der Waals surface area contributed by atoms with Gasteiger partial charge < -0.3 is 14.9 Å². The van der Waals surface area contributed by atoms with E-state index in [1.54, 1.807) is 0 Å². The molecule has 0 amide bonds. The van der Waals surface area contributed by atoms with Crippen molar-refractivity contribution in [3.8, 4) is 0 Å². The predicted octanol–water partition coefficient (Wildman–Crippen LogP) is -1.53. The summed E-state index contributed by atoms with van der Waals surface area (Å²) in [6.45, 7) is -0.477. The Kier molecular flexibility index (Phi) is 3.67. The summed E-state index contributed by atoms with van der Waals surface area (Å²) in [6, 6.07) is 0.0746. The Morgan fingerprint density at radius 2 is 2.32 bits per heavy atom. The molecule has 0 radical (unpaired) electrons. The number of aliphatic hydroxyl groups excluding tert-OH is 2. The third kappa shape index (κ3) is 2.37. The molecule has 1 unspecified atom stereocenters. The summed E-state index contributed by atoms with van der Waals surface area (Å²) in [5, 5.41) is 22.4. The fourth-order valence-electron chi connectivity index (χ4n) is 1.94. The Balaban J connectivity index is 2.38. The molecule has 2 heterocycles. The number of rotatable bonds is 3. The third-order valence-corrected chi connectivity index (χ3v) is 2.83. The average Bonchev–Trinajstić information content (AvgIpc) is 2.68. The Labute approximate surface area is 105 Å². The maximum absolute atomic E-state index is 11.6. The van der Waals surface area contributed by atoms with Crippen molar-refractivity contribution in [1.29, 1.82) is 0 Å². The zero-order chi connectivity index (χ0) is 14.0. The molecule has 19 heavy (non-hydrogen) atoms. The molecule has 2 rings (SSSR count). The zero-order valence-electron chi connectivity index (χ0n) is 9.58. The molecule has 1 aliphatic heterocycles. The van der Waals surface area contributed by atoms with Crippen molar-refractivity contribution in [1.82, 2.24) is 9.55 Å². The molecule has 1 aromatic rings. The number of aromatic amines is 1. The van der Waals surface area contributed by atoms with Crippen LogP contribution in [0, 0.1) is 0 Å². The number of nitrogens with zero attached hydrogens (tertiary/aromatic N) is 4. The minimum absolute atomic E-state index is 0.477. The van der Waals surface area contributed by atoms with Gasteiger partial charge in [-0.2, -0.15) is 0 Å². The monoisotopic (exact) mass is 269 g/mol. The molecule has 3 N–H and O–H groups in total. The van der Waals surface area contributed by atoms with Crippen molar-refractivity contribution in [2.24, 2.45) is 5.11 Å². The van der Waals surface area contributed by atoms with Crippen molar-refractivity contribution >= 4 is 0 Å². The molecule has 0 bridgehead atoms. The van der Waals surface area contributed by atoms with Gasteiger partial charge in [0.1, 0.15) is 6.10 Å². The quantitative estimate of drug-likeness (QED) is 0.345. The van der Waals surface area contributed by atoms with E-state index < -0.39 is 42.3 Å². The molecule has 0 aromatic carbocycles. The summed E-state index contributed by atoms with van der Waals surface area (Å²) in [5.41, 5.74) is 7.05. The van der Waals surface area contributed by atoms with Gasteiger partial charge in [-0.1, -0.05) is 5.11 Å². The molecule has 4 atom stereocenters. The lowest BCUT2D eigenvalue weighted by atomic mass is 10.1. The van der Waals surface area contributed by atoms with Crippen LogP contribution in [0.3, 0.4) is 0 Å². The van der Waals surface area contributed by atoms with Crippen molar-refractivity contribution in [2.75, 3.05) is 6.61 Å². The number of azide groups is 1. The van der Waals surface area contributed by atoms with Gasteiger partial charge in [0.25, 0.3) is 5.56 Å². The van der Waals surface area contributed by atoms with E-state index in [2.05, 4.69) is 10.0 Å². The number of nitrogens with one attached hydrogen (secondary N) is 1. The van der Waals surface area contributed by atoms with Gasteiger partial charge in [0.15, 0.2) is 6.23 Å². The van der Waals surface area contributed by atoms with Crippen LogP contribution in [0.5, 0.6) is 0 Å². The van der Waals surface area contributed by atoms with Crippen molar-refractivity contribution in [2.45, 2.75) is 24.5 Å². The summed E-state index contributed by atoms with van der Waals surface area (Å²) in [4.78, 5) is 27.1. The van der Waals surface area contributed by atoms with Gasteiger partial charge in [-0.05, 0) is 5.53 Å². The van der Waals surface area contributed by atoms with Crippen LogP contribution in [0.4, 0.5) is 0 Å². The van der Waals surface area contributed by atoms with Crippen LogP contribution in [0.25, 0.3) is 10.4 Å². The van der Waals surface area contributed by atoms with Gasteiger partial charge in [0.05, 0.1) is 18.8 Å². The standard InChI is InChI=1S/C9H11N5O5/c10-13-12-6-4(3-15)19-8(7(6)17)14-2-1-5(16)11-9(14)18/h1-2,4,6-8,15,17H,3H2,(H,11,16,18)/t4-,6+,7?,8-/m0/s1. The van der Waals surface area contributed by atoms with Gasteiger partial charge in [0, 0.05) is 17.2 Å². The molecule has 0 spiro atoms. The van der Waals surface area contributed by atoms with E-state index >= 15 is 0 Å². The summed E-state index contributed by atoms with van der Waals surface area (Å²) in [7, 11) is 0. The Bertz CT molecular complexity index is 618. The minimum atomic E-state index is -1.31. The highest BCUT2D eigenvalue weighted by Gasteiger charge is 2.44. The number of ether oxygens (including phenoxy) is 1. The zero-order valence-corrected chi connectivity index (χ0v) is 9.58. The summed E-state index contributed by atoms with van der Waals surface area (Å²) in [6.07, 6.45) is -2.22. The fourth-order valence-corrected chi connectivity index (χ4v) is 1.94. The molecule has 1 saturated heterocycles. The normalized spacial score (nSPS) is 30.0. The fraction of sp³-hybridized carbons (Fsp3) is 0.556. The molecule has 1 aliphatic rings.